The third kappa shape index (κ3) is 13.2. The van der Waals surface area contributed by atoms with Crippen molar-refractivity contribution < 1.29 is 43.8 Å². The Labute approximate surface area is 231 Å². The van der Waals surface area contributed by atoms with E-state index >= 15 is 0 Å². The van der Waals surface area contributed by atoms with Gasteiger partial charge < -0.3 is 42.5 Å². The third-order valence-electron chi connectivity index (χ3n) is 5.44. The highest BCUT2D eigenvalue weighted by Crippen LogP contribution is 2.06. The first kappa shape index (κ1) is 35.5. The highest BCUT2D eigenvalue weighted by atomic mass is 35.5. The number of carbonyl (C=O) groups is 7. The topological polar surface area (TPSA) is 246 Å². The molecule has 0 saturated carbocycles. The number of amides is 6. The highest BCUT2D eigenvalue weighted by molar-refractivity contribution is 6.27. The average molecular weight is 579 g/mol. The van der Waals surface area contributed by atoms with Crippen LogP contribution < -0.4 is 32.3 Å². The number of aliphatic hydroxyl groups is 1. The molecule has 0 saturated heterocycles. The van der Waals surface area contributed by atoms with E-state index in [-0.39, 0.29) is 12.3 Å². The van der Waals surface area contributed by atoms with Crippen molar-refractivity contribution in [1.82, 2.24) is 26.6 Å². The molecule has 0 aromatic rings. The summed E-state index contributed by atoms with van der Waals surface area (Å²) >= 11 is 5.44. The van der Waals surface area contributed by atoms with E-state index in [0.717, 1.165) is 0 Å². The molecule has 0 fully saturated rings. The van der Waals surface area contributed by atoms with Gasteiger partial charge in [0.25, 0.3) is 0 Å². The van der Waals surface area contributed by atoms with Gasteiger partial charge in [-0.3, -0.25) is 33.6 Å². The van der Waals surface area contributed by atoms with Crippen molar-refractivity contribution in [2.75, 3.05) is 12.4 Å². The van der Waals surface area contributed by atoms with Gasteiger partial charge in [0.1, 0.15) is 30.0 Å². The molecule has 222 valence electrons. The Bertz CT molecular complexity index is 913. The van der Waals surface area contributed by atoms with Gasteiger partial charge in [-0.1, -0.05) is 27.7 Å². The zero-order valence-electron chi connectivity index (χ0n) is 22.6. The minimum absolute atomic E-state index is 0.288. The van der Waals surface area contributed by atoms with Crippen LogP contribution >= 0.6 is 11.6 Å². The molecule has 0 aliphatic heterocycles. The molecule has 5 atom stereocenters. The molecule has 0 aromatic carbocycles. The summed E-state index contributed by atoms with van der Waals surface area (Å²) in [6, 6.07) is -5.09. The van der Waals surface area contributed by atoms with Crippen LogP contribution in [0.5, 0.6) is 0 Å². The van der Waals surface area contributed by atoms with E-state index in [1.165, 1.54) is 6.92 Å². The van der Waals surface area contributed by atoms with Crippen LogP contribution in [0.25, 0.3) is 0 Å². The molecule has 0 spiro atoms. The maximum Gasteiger partial charge on any atom is 0.303 e. The van der Waals surface area contributed by atoms with E-state index in [2.05, 4.69) is 26.6 Å². The number of aliphatic hydroxyl groups excluding tert-OH is 1. The second-order valence-corrected chi connectivity index (χ2v) is 9.82. The summed E-state index contributed by atoms with van der Waals surface area (Å²) in [5, 5.41) is 30.7. The molecular weight excluding hydrogens is 540 g/mol. The summed E-state index contributed by atoms with van der Waals surface area (Å²) in [7, 11) is 0. The molecule has 0 aromatic heterocycles. The van der Waals surface area contributed by atoms with E-state index in [0.29, 0.717) is 0 Å². The predicted molar refractivity (Wildman–Crippen MR) is 139 cm³/mol. The number of aliphatic carboxylic acids is 1. The second kappa shape index (κ2) is 17.2. The summed E-state index contributed by atoms with van der Waals surface area (Å²) in [4.78, 5) is 84.6. The Balaban J connectivity index is 5.44. The van der Waals surface area contributed by atoms with E-state index < -0.39 is 96.4 Å². The van der Waals surface area contributed by atoms with E-state index in [4.69, 9.17) is 22.4 Å². The molecule has 6 amide bonds. The van der Waals surface area contributed by atoms with Crippen molar-refractivity contribution in [2.24, 2.45) is 17.6 Å². The molecule has 39 heavy (non-hydrogen) atoms. The van der Waals surface area contributed by atoms with Crippen LogP contribution in [-0.2, 0) is 33.6 Å². The van der Waals surface area contributed by atoms with Gasteiger partial charge in [-0.25, -0.2) is 0 Å². The number of nitrogens with two attached hydrogens (primary N) is 1. The number of hydrogen-bond donors (Lipinski definition) is 8. The van der Waals surface area contributed by atoms with Gasteiger partial charge in [0.15, 0.2) is 0 Å². The minimum atomic E-state index is -1.59. The molecule has 0 heterocycles. The number of alkyl halides is 1. The first-order valence-electron chi connectivity index (χ1n) is 12.2. The van der Waals surface area contributed by atoms with Crippen LogP contribution in [0.15, 0.2) is 0 Å². The second-order valence-electron chi connectivity index (χ2n) is 9.55. The number of primary amides is 1. The highest BCUT2D eigenvalue weighted by Gasteiger charge is 2.33. The summed E-state index contributed by atoms with van der Waals surface area (Å²) < 4.78 is 0. The van der Waals surface area contributed by atoms with Crippen LogP contribution in [0.2, 0.25) is 0 Å². The summed E-state index contributed by atoms with van der Waals surface area (Å²) in [5.41, 5.74) is 5.26. The lowest BCUT2D eigenvalue weighted by Gasteiger charge is -2.28. The van der Waals surface area contributed by atoms with Crippen LogP contribution in [0.4, 0.5) is 0 Å². The SMILES string of the molecule is CC(C)[C@H](NC(=O)CNC(=O)[C@@H](NC(=O)[C@@H](NC(=O)[C@H](CCC(=O)O)NC(=O)CCl)[C@@H](C)O)C(C)C)C(N)=O. The maximum atomic E-state index is 12.9. The fourth-order valence-electron chi connectivity index (χ4n) is 3.27. The Morgan fingerprint density at radius 2 is 1.28 bits per heavy atom. The van der Waals surface area contributed by atoms with Gasteiger partial charge >= 0.3 is 5.97 Å². The molecule has 0 aliphatic rings. The van der Waals surface area contributed by atoms with Gasteiger partial charge in [0.05, 0.1) is 12.6 Å². The molecule has 0 bridgehead atoms. The monoisotopic (exact) mass is 578 g/mol. The smallest absolute Gasteiger partial charge is 0.303 e. The Morgan fingerprint density at radius 1 is 0.744 bits per heavy atom. The first-order valence-corrected chi connectivity index (χ1v) is 12.8. The van der Waals surface area contributed by atoms with Gasteiger partial charge in [-0.05, 0) is 25.2 Å². The van der Waals surface area contributed by atoms with E-state index in [1.807, 2.05) is 0 Å². The van der Waals surface area contributed by atoms with E-state index in [1.54, 1.807) is 27.7 Å². The predicted octanol–water partition coefficient (Wildman–Crippen LogP) is -2.68. The molecule has 0 unspecified atom stereocenters. The molecule has 0 radical (unpaired) electrons. The standard InChI is InChI=1S/C23H39ClN6O9/c1-10(2)17(20(25)36)28-15(33)9-26-22(38)18(11(3)4)29-23(39)19(12(5)31)30-21(37)13(6-7-16(34)35)27-14(32)8-24/h10-13,17-19,31H,6-9H2,1-5H3,(H2,25,36)(H,26,38)(H,27,32)(H,28,33)(H,29,39)(H,30,37)(H,34,35)/t12-,13+,17+,18+,19+/m1/s1. The van der Waals surface area contributed by atoms with Gasteiger partial charge in [0, 0.05) is 6.42 Å². The Hall–Kier alpha value is -3.46. The van der Waals surface area contributed by atoms with Crippen molar-refractivity contribution in [3.05, 3.63) is 0 Å². The number of rotatable bonds is 17. The average Bonchev–Trinajstić information content (AvgIpc) is 2.83. The fraction of sp³-hybridized carbons (Fsp3) is 0.696. The van der Waals surface area contributed by atoms with Gasteiger partial charge in [0.2, 0.25) is 35.4 Å². The number of carbonyl (C=O) groups excluding carboxylic acids is 6. The zero-order valence-corrected chi connectivity index (χ0v) is 23.3. The van der Waals surface area contributed by atoms with E-state index in [9.17, 15) is 38.7 Å². The van der Waals surface area contributed by atoms with Crippen molar-refractivity contribution in [3.8, 4) is 0 Å². The quantitative estimate of drug-likeness (QED) is 0.0836. The molecule has 0 aliphatic carbocycles. The first-order chi connectivity index (χ1) is 18.0. The normalized spacial score (nSPS) is 14.8. The molecule has 15 nitrogen and oxygen atoms in total. The molecule has 16 heteroatoms. The molecular formula is C23H39ClN6O9. The lowest BCUT2D eigenvalue weighted by molar-refractivity contribution is -0.138. The fourth-order valence-corrected chi connectivity index (χ4v) is 3.35. The van der Waals surface area contributed by atoms with Crippen molar-refractivity contribution >= 4 is 53.0 Å². The Kier molecular flexibility index (Phi) is 15.7. The summed E-state index contributed by atoms with van der Waals surface area (Å²) in [6.45, 7) is 7.24. The number of nitrogens with one attached hydrogen (secondary N) is 5. The van der Waals surface area contributed by atoms with Gasteiger partial charge in [-0.15, -0.1) is 11.6 Å². The molecule has 9 N–H and O–H groups in total. The van der Waals surface area contributed by atoms with Gasteiger partial charge in [-0.2, -0.15) is 0 Å². The van der Waals surface area contributed by atoms with Crippen LogP contribution in [0.1, 0.15) is 47.5 Å². The number of hydrogen-bond acceptors (Lipinski definition) is 8. The third-order valence-corrected chi connectivity index (χ3v) is 5.69. The zero-order chi connectivity index (χ0) is 30.4. The van der Waals surface area contributed by atoms with Crippen LogP contribution in [0, 0.1) is 11.8 Å². The molecule has 0 rings (SSSR count). The maximum absolute atomic E-state index is 12.9. The van der Waals surface area contributed by atoms with Crippen LogP contribution in [-0.4, -0.2) is 94.3 Å². The van der Waals surface area contributed by atoms with Crippen molar-refractivity contribution in [3.63, 3.8) is 0 Å². The van der Waals surface area contributed by atoms with Crippen LogP contribution in [0.3, 0.4) is 0 Å². The summed E-state index contributed by atoms with van der Waals surface area (Å²) in [6.07, 6.45) is -2.25. The number of carboxylic acid groups (broad SMARTS) is 1. The Morgan fingerprint density at radius 3 is 1.72 bits per heavy atom. The van der Waals surface area contributed by atoms with Crippen molar-refractivity contribution in [1.29, 1.82) is 0 Å². The number of halogens is 1. The summed E-state index contributed by atoms with van der Waals surface area (Å²) in [5.74, 6) is -7.35. The largest absolute Gasteiger partial charge is 0.481 e. The minimum Gasteiger partial charge on any atom is -0.481 e. The van der Waals surface area contributed by atoms with Crippen molar-refractivity contribution in [2.45, 2.75) is 77.7 Å². The lowest BCUT2D eigenvalue weighted by Crippen LogP contribution is -2.61. The number of carboxylic acids is 1. The lowest BCUT2D eigenvalue weighted by atomic mass is 10.0.